The van der Waals surface area contributed by atoms with Crippen molar-refractivity contribution in [1.82, 2.24) is 18.3 Å². The maximum atomic E-state index is 6.67. The van der Waals surface area contributed by atoms with Gasteiger partial charge in [-0.25, -0.2) is 0 Å². The minimum absolute atomic E-state index is 0.868. The van der Waals surface area contributed by atoms with Crippen LogP contribution >= 0.6 is 0 Å². The highest BCUT2D eigenvalue weighted by Gasteiger charge is 2.22. The van der Waals surface area contributed by atoms with Gasteiger partial charge in [0.2, 0.25) is 0 Å². The summed E-state index contributed by atoms with van der Waals surface area (Å²) in [7, 11) is 0. The number of hydrogen-bond donors (Lipinski definition) is 0. The Hall–Kier alpha value is -11.1. The molecular formula is C78H48N4O. The quantitative estimate of drug-likeness (QED) is 0.157. The van der Waals surface area contributed by atoms with Crippen molar-refractivity contribution in [1.29, 1.82) is 0 Å². The number of rotatable bonds is 7. The summed E-state index contributed by atoms with van der Waals surface area (Å²) < 4.78 is 16.3. The Morgan fingerprint density at radius 3 is 1.07 bits per heavy atom. The number of aromatic nitrogens is 4. The van der Waals surface area contributed by atoms with Crippen LogP contribution in [0.3, 0.4) is 0 Å². The van der Waals surface area contributed by atoms with Gasteiger partial charge < -0.3 is 22.7 Å². The van der Waals surface area contributed by atoms with Crippen LogP contribution in [0.1, 0.15) is 0 Å². The molecule has 13 aromatic carbocycles. The maximum Gasteiger partial charge on any atom is 0.137 e. The lowest BCUT2D eigenvalue weighted by molar-refractivity contribution is 0.669. The zero-order chi connectivity index (χ0) is 54.3. The van der Waals surface area contributed by atoms with Gasteiger partial charge in [0, 0.05) is 65.5 Å². The van der Waals surface area contributed by atoms with Crippen LogP contribution in [0.5, 0.6) is 0 Å². The summed E-state index contributed by atoms with van der Waals surface area (Å²) in [6.07, 6.45) is 0. The molecule has 0 atom stereocenters. The topological polar surface area (TPSA) is 32.9 Å². The lowest BCUT2D eigenvalue weighted by Gasteiger charge is -2.10. The first-order valence-electron chi connectivity index (χ1n) is 28.5. The van der Waals surface area contributed by atoms with Crippen molar-refractivity contribution < 1.29 is 4.42 Å². The molecular weight excluding hydrogens is 1010 g/mol. The van der Waals surface area contributed by atoms with Crippen molar-refractivity contribution in [3.63, 3.8) is 0 Å². The van der Waals surface area contributed by atoms with Crippen molar-refractivity contribution in [3.8, 4) is 56.1 Å². The average molecular weight is 1060 g/mol. The molecule has 0 N–H and O–H groups in total. The molecule has 0 spiro atoms. The largest absolute Gasteiger partial charge is 0.456 e. The first kappa shape index (κ1) is 45.7. The second kappa shape index (κ2) is 17.7. The molecule has 18 aromatic rings. The van der Waals surface area contributed by atoms with Crippen molar-refractivity contribution in [2.75, 3.05) is 0 Å². The van der Waals surface area contributed by atoms with Gasteiger partial charge >= 0.3 is 0 Å². The molecule has 0 saturated carbocycles. The molecule has 18 rings (SSSR count). The Morgan fingerprint density at radius 1 is 0.193 bits per heavy atom. The Labute approximate surface area is 476 Å². The fourth-order valence-corrected chi connectivity index (χ4v) is 13.8. The number of nitrogens with zero attached hydrogens (tertiary/aromatic N) is 4. The Balaban J connectivity index is 0.810. The number of fused-ring (bicyclic) bond motifs is 15. The minimum Gasteiger partial charge on any atom is -0.456 e. The van der Waals surface area contributed by atoms with Gasteiger partial charge in [-0.15, -0.1) is 0 Å². The minimum atomic E-state index is 0.868. The molecule has 5 aromatic heterocycles. The molecule has 0 unspecified atom stereocenters. The van der Waals surface area contributed by atoms with Gasteiger partial charge in [-0.2, -0.15) is 0 Å². The normalized spacial score (nSPS) is 12.1. The second-order valence-corrected chi connectivity index (χ2v) is 22.0. The van der Waals surface area contributed by atoms with Crippen LogP contribution in [0.2, 0.25) is 0 Å². The van der Waals surface area contributed by atoms with Crippen LogP contribution in [0.4, 0.5) is 0 Å². The predicted molar refractivity (Wildman–Crippen MR) is 347 cm³/mol. The first-order chi connectivity index (χ1) is 41.2. The van der Waals surface area contributed by atoms with Crippen molar-refractivity contribution in [3.05, 3.63) is 291 Å². The summed E-state index contributed by atoms with van der Waals surface area (Å²) in [5.41, 5.74) is 22.6. The molecule has 0 aliphatic heterocycles. The van der Waals surface area contributed by atoms with Crippen LogP contribution in [0.25, 0.3) is 165 Å². The van der Waals surface area contributed by atoms with E-state index in [1.165, 1.54) is 76.3 Å². The van der Waals surface area contributed by atoms with Gasteiger partial charge in [0.25, 0.3) is 0 Å². The van der Waals surface area contributed by atoms with Crippen molar-refractivity contribution in [2.24, 2.45) is 0 Å². The van der Waals surface area contributed by atoms with Crippen molar-refractivity contribution >= 4 is 109 Å². The zero-order valence-corrected chi connectivity index (χ0v) is 44.9. The summed E-state index contributed by atoms with van der Waals surface area (Å²) in [6, 6.07) is 107. The Bertz CT molecular complexity index is 5620. The molecule has 386 valence electrons. The van der Waals surface area contributed by atoms with E-state index in [-0.39, 0.29) is 0 Å². The molecule has 0 aliphatic carbocycles. The van der Waals surface area contributed by atoms with E-state index in [0.29, 0.717) is 0 Å². The molecule has 0 fully saturated rings. The lowest BCUT2D eigenvalue weighted by Crippen LogP contribution is -1.95. The summed E-state index contributed by atoms with van der Waals surface area (Å²) in [4.78, 5) is 0. The van der Waals surface area contributed by atoms with Gasteiger partial charge in [-0.1, -0.05) is 158 Å². The number of para-hydroxylation sites is 5. The predicted octanol–water partition coefficient (Wildman–Crippen LogP) is 21.0. The highest BCUT2D eigenvalue weighted by atomic mass is 16.3. The highest BCUT2D eigenvalue weighted by Crippen LogP contribution is 2.44. The molecule has 5 heteroatoms. The number of furan rings is 1. The molecule has 0 amide bonds. The summed E-state index contributed by atoms with van der Waals surface area (Å²) in [6.45, 7) is 0. The third-order valence-corrected chi connectivity index (χ3v) is 17.5. The molecule has 0 radical (unpaired) electrons. The van der Waals surface area contributed by atoms with Gasteiger partial charge in [0.1, 0.15) is 11.2 Å². The second-order valence-electron chi connectivity index (χ2n) is 22.0. The van der Waals surface area contributed by atoms with Crippen LogP contribution in [0, 0.1) is 0 Å². The summed E-state index contributed by atoms with van der Waals surface area (Å²) >= 11 is 0. The number of hydrogen-bond acceptors (Lipinski definition) is 1. The molecule has 83 heavy (non-hydrogen) atoms. The molecule has 0 aliphatic rings. The SMILES string of the molecule is c1ccc(-c2ccc3c(c2)c2ccccc2n3-c2ccc3c(c2)c2cc(-c4ccc5c(c4)c4cc(-c6ccc7oc8cccc(-n9c%10ccccc%10c%10ccccc%109)c8c7c6)ccc4n5-c4ccccc4)ccc2n3-c2ccccc2)cc1. The van der Waals surface area contributed by atoms with E-state index < -0.39 is 0 Å². The maximum absolute atomic E-state index is 6.67. The average Bonchev–Trinajstić information content (AvgIpc) is 2.78. The summed E-state index contributed by atoms with van der Waals surface area (Å²) in [5.74, 6) is 0. The Morgan fingerprint density at radius 2 is 0.554 bits per heavy atom. The van der Waals surface area contributed by atoms with Gasteiger partial charge in [-0.3, -0.25) is 0 Å². The van der Waals surface area contributed by atoms with Gasteiger partial charge in [-0.05, 0) is 167 Å². The lowest BCUT2D eigenvalue weighted by atomic mass is 9.98. The third-order valence-electron chi connectivity index (χ3n) is 17.5. The third kappa shape index (κ3) is 6.83. The van der Waals surface area contributed by atoms with Crippen LogP contribution < -0.4 is 0 Å². The van der Waals surface area contributed by atoms with E-state index >= 15 is 0 Å². The first-order valence-corrected chi connectivity index (χ1v) is 28.5. The molecule has 0 saturated heterocycles. The Kier molecular flexibility index (Phi) is 9.73. The smallest absolute Gasteiger partial charge is 0.137 e. The fraction of sp³-hybridized carbons (Fsp3) is 0. The summed E-state index contributed by atoms with van der Waals surface area (Å²) in [5, 5.41) is 11.9. The molecule has 0 bridgehead atoms. The van der Waals surface area contributed by atoms with Gasteiger partial charge in [0.15, 0.2) is 0 Å². The van der Waals surface area contributed by atoms with E-state index in [9.17, 15) is 0 Å². The van der Waals surface area contributed by atoms with Crippen LogP contribution in [-0.4, -0.2) is 18.3 Å². The van der Waals surface area contributed by atoms with Crippen LogP contribution in [0.15, 0.2) is 296 Å². The molecule has 5 nitrogen and oxygen atoms in total. The monoisotopic (exact) mass is 1060 g/mol. The van der Waals surface area contributed by atoms with Crippen LogP contribution in [-0.2, 0) is 0 Å². The van der Waals surface area contributed by atoms with E-state index in [4.69, 9.17) is 4.42 Å². The van der Waals surface area contributed by atoms with E-state index in [1.54, 1.807) is 0 Å². The van der Waals surface area contributed by atoms with E-state index in [0.717, 1.165) is 89.0 Å². The zero-order valence-electron chi connectivity index (χ0n) is 44.9. The fourth-order valence-electron chi connectivity index (χ4n) is 13.8. The molecule has 5 heterocycles. The standard InChI is InChI=1S/C78H48N4O/c1-4-17-49(18-5-1)50-31-37-70-61(43-50)60-25-12-13-26-67(60)81(70)57-36-41-74-65(48-57)64-46-52(33-40-73(64)80(74)56-21-8-3-9-22-56)51-32-38-71-62(44-51)63-45-53(34-39-72(63)79(71)55-19-6-2-7-20-55)54-35-42-76-66(47-54)78-75(29-16-30-77(78)83-76)82-68-27-14-10-23-58(68)59-24-11-15-28-69(59)82/h1-48H. The van der Waals surface area contributed by atoms with E-state index in [2.05, 4.69) is 309 Å². The van der Waals surface area contributed by atoms with E-state index in [1.807, 2.05) is 0 Å². The number of benzene rings is 13. The highest BCUT2D eigenvalue weighted by molar-refractivity contribution is 6.17. The van der Waals surface area contributed by atoms with Crippen molar-refractivity contribution in [2.45, 2.75) is 0 Å². The van der Waals surface area contributed by atoms with Gasteiger partial charge in [0.05, 0.1) is 55.2 Å².